The maximum Gasteiger partial charge on any atom is 0.410 e. The Balaban J connectivity index is 1.90. The van der Waals surface area contributed by atoms with E-state index in [-0.39, 0.29) is 6.09 Å². The van der Waals surface area contributed by atoms with Gasteiger partial charge in [-0.15, -0.1) is 0 Å². The molecule has 2 rings (SSSR count). The minimum absolute atomic E-state index is 0.261. The van der Waals surface area contributed by atoms with Crippen molar-refractivity contribution >= 4 is 12.0 Å². The average Bonchev–Trinajstić information content (AvgIpc) is 2.46. The summed E-state index contributed by atoms with van der Waals surface area (Å²) in [4.78, 5) is 23.8. The largest absolute Gasteiger partial charge is 0.444 e. The number of nitrogens with zero attached hydrogens (tertiary/aromatic N) is 4. The second-order valence-corrected chi connectivity index (χ2v) is 7.02. The van der Waals surface area contributed by atoms with Gasteiger partial charge in [-0.2, -0.15) is 0 Å². The van der Waals surface area contributed by atoms with E-state index in [0.717, 1.165) is 31.8 Å². The van der Waals surface area contributed by atoms with Crippen LogP contribution in [-0.4, -0.2) is 53.2 Å². The Morgan fingerprint density at radius 3 is 2.70 bits per heavy atom. The molecular weight excluding hydrogens is 299 g/mol. The Labute approximate surface area is 136 Å². The van der Waals surface area contributed by atoms with Crippen LogP contribution in [0.5, 0.6) is 0 Å². The molecule has 1 aliphatic heterocycles. The molecule has 23 heavy (non-hydrogen) atoms. The average molecular weight is 324 g/mol. The van der Waals surface area contributed by atoms with Crippen LogP contribution in [0.2, 0.25) is 0 Å². The fraction of sp³-hybridized carbons (Fsp3) is 0.688. The van der Waals surface area contributed by atoms with E-state index in [4.69, 9.17) is 4.74 Å². The topological polar surface area (TPSA) is 58.6 Å². The number of rotatable bonds is 3. The molecule has 0 radical (unpaired) electrons. The molecule has 1 aromatic rings. The van der Waals surface area contributed by atoms with Gasteiger partial charge in [-0.25, -0.2) is 19.2 Å². The molecule has 2 heterocycles. The highest BCUT2D eigenvalue weighted by Crippen LogP contribution is 2.21. The van der Waals surface area contributed by atoms with Crippen LogP contribution in [0.1, 0.15) is 33.6 Å². The van der Waals surface area contributed by atoms with Crippen molar-refractivity contribution in [2.45, 2.75) is 39.2 Å². The van der Waals surface area contributed by atoms with Crippen LogP contribution in [0.25, 0.3) is 0 Å². The molecule has 0 unspecified atom stereocenters. The lowest BCUT2D eigenvalue weighted by Gasteiger charge is -2.35. The number of hydrogen-bond donors (Lipinski definition) is 0. The highest BCUT2D eigenvalue weighted by Gasteiger charge is 2.28. The van der Waals surface area contributed by atoms with Gasteiger partial charge in [0, 0.05) is 26.7 Å². The number of aromatic nitrogens is 2. The van der Waals surface area contributed by atoms with E-state index in [1.54, 1.807) is 4.90 Å². The van der Waals surface area contributed by atoms with Crippen molar-refractivity contribution in [1.82, 2.24) is 14.9 Å². The van der Waals surface area contributed by atoms with Crippen molar-refractivity contribution in [2.75, 3.05) is 31.6 Å². The van der Waals surface area contributed by atoms with Gasteiger partial charge in [0.1, 0.15) is 5.60 Å². The Morgan fingerprint density at radius 1 is 1.43 bits per heavy atom. The summed E-state index contributed by atoms with van der Waals surface area (Å²) in [6, 6.07) is 0. The molecular formula is C16H25FN4O2. The zero-order valence-corrected chi connectivity index (χ0v) is 14.3. The zero-order valence-electron chi connectivity index (χ0n) is 14.3. The molecule has 128 valence electrons. The third-order valence-corrected chi connectivity index (χ3v) is 3.65. The van der Waals surface area contributed by atoms with Crippen LogP contribution < -0.4 is 4.90 Å². The molecule has 1 amide bonds. The Morgan fingerprint density at radius 2 is 2.09 bits per heavy atom. The molecule has 0 N–H and O–H groups in total. The van der Waals surface area contributed by atoms with E-state index >= 15 is 0 Å². The standard InChI is InChI=1S/C16H25FN4O2/c1-16(2,3)23-15(22)21-7-5-6-12(11-21)10-20(4)14-18-8-13(17)9-19-14/h8-9,12H,5-7,10-11H2,1-4H3/t12-/m1/s1. The van der Waals surface area contributed by atoms with Gasteiger partial charge in [0.05, 0.1) is 12.4 Å². The van der Waals surface area contributed by atoms with Gasteiger partial charge in [0.15, 0.2) is 5.82 Å². The fourth-order valence-electron chi connectivity index (χ4n) is 2.68. The first kappa shape index (κ1) is 17.4. The first-order valence-corrected chi connectivity index (χ1v) is 7.91. The van der Waals surface area contributed by atoms with Crippen LogP contribution in [-0.2, 0) is 4.74 Å². The van der Waals surface area contributed by atoms with Crippen LogP contribution in [0.4, 0.5) is 15.1 Å². The highest BCUT2D eigenvalue weighted by molar-refractivity contribution is 5.68. The van der Waals surface area contributed by atoms with Gasteiger partial charge in [0.25, 0.3) is 0 Å². The second-order valence-electron chi connectivity index (χ2n) is 7.02. The number of amides is 1. The van der Waals surface area contributed by atoms with Crippen molar-refractivity contribution in [1.29, 1.82) is 0 Å². The van der Waals surface area contributed by atoms with Gasteiger partial charge in [0.2, 0.25) is 5.95 Å². The number of carbonyl (C=O) groups excluding carboxylic acids is 1. The van der Waals surface area contributed by atoms with Gasteiger partial charge in [-0.3, -0.25) is 0 Å². The molecule has 1 aromatic heterocycles. The predicted molar refractivity (Wildman–Crippen MR) is 85.8 cm³/mol. The number of hydrogen-bond acceptors (Lipinski definition) is 5. The molecule has 1 aliphatic rings. The summed E-state index contributed by atoms with van der Waals surface area (Å²) in [7, 11) is 1.87. The number of halogens is 1. The minimum Gasteiger partial charge on any atom is -0.444 e. The monoisotopic (exact) mass is 324 g/mol. The summed E-state index contributed by atoms with van der Waals surface area (Å²) in [6.45, 7) is 7.69. The van der Waals surface area contributed by atoms with Gasteiger partial charge in [-0.1, -0.05) is 0 Å². The predicted octanol–water partition coefficient (Wildman–Crippen LogP) is 2.70. The smallest absolute Gasteiger partial charge is 0.410 e. The normalized spacial score (nSPS) is 18.7. The summed E-state index contributed by atoms with van der Waals surface area (Å²) in [6.07, 6.45) is 4.04. The Bertz CT molecular complexity index is 530. The van der Waals surface area contributed by atoms with Crippen molar-refractivity contribution in [3.8, 4) is 0 Å². The molecule has 1 saturated heterocycles. The molecule has 1 fully saturated rings. The maximum absolute atomic E-state index is 12.9. The molecule has 0 saturated carbocycles. The Kier molecular flexibility index (Phi) is 5.38. The minimum atomic E-state index is -0.483. The van der Waals surface area contributed by atoms with E-state index in [1.165, 1.54) is 0 Å². The van der Waals surface area contributed by atoms with E-state index < -0.39 is 11.4 Å². The molecule has 1 atom stereocenters. The second kappa shape index (κ2) is 7.10. The maximum atomic E-state index is 12.9. The van der Waals surface area contributed by atoms with Crippen molar-refractivity contribution in [3.05, 3.63) is 18.2 Å². The van der Waals surface area contributed by atoms with Crippen LogP contribution in [0.15, 0.2) is 12.4 Å². The van der Waals surface area contributed by atoms with Gasteiger partial charge >= 0.3 is 6.09 Å². The van der Waals surface area contributed by atoms with E-state index in [2.05, 4.69) is 9.97 Å². The summed E-state index contributed by atoms with van der Waals surface area (Å²) < 4.78 is 18.3. The summed E-state index contributed by atoms with van der Waals surface area (Å²) >= 11 is 0. The SMILES string of the molecule is CN(C[C@H]1CCCN(C(=O)OC(C)(C)C)C1)c1ncc(F)cn1. The summed E-state index contributed by atoms with van der Waals surface area (Å²) in [5, 5.41) is 0. The first-order valence-electron chi connectivity index (χ1n) is 7.91. The summed E-state index contributed by atoms with van der Waals surface area (Å²) in [5.41, 5.74) is -0.483. The lowest BCUT2D eigenvalue weighted by molar-refractivity contribution is 0.0170. The van der Waals surface area contributed by atoms with E-state index in [0.29, 0.717) is 25.0 Å². The van der Waals surface area contributed by atoms with Crippen LogP contribution in [0, 0.1) is 11.7 Å². The number of anilines is 1. The quantitative estimate of drug-likeness (QED) is 0.855. The van der Waals surface area contributed by atoms with Gasteiger partial charge < -0.3 is 14.5 Å². The molecule has 0 bridgehead atoms. The number of carbonyl (C=O) groups is 1. The Hall–Kier alpha value is -1.92. The van der Waals surface area contributed by atoms with Crippen molar-refractivity contribution in [3.63, 3.8) is 0 Å². The molecule has 6 nitrogen and oxygen atoms in total. The van der Waals surface area contributed by atoms with E-state index in [9.17, 15) is 9.18 Å². The van der Waals surface area contributed by atoms with Gasteiger partial charge in [-0.05, 0) is 39.5 Å². The zero-order chi connectivity index (χ0) is 17.0. The first-order chi connectivity index (χ1) is 10.7. The van der Waals surface area contributed by atoms with Crippen LogP contribution in [0.3, 0.4) is 0 Å². The molecule has 0 spiro atoms. The lowest BCUT2D eigenvalue weighted by atomic mass is 9.98. The molecule has 7 heteroatoms. The number of piperidine rings is 1. The molecule has 0 aromatic carbocycles. The van der Waals surface area contributed by atoms with E-state index in [1.807, 2.05) is 32.7 Å². The fourth-order valence-corrected chi connectivity index (χ4v) is 2.68. The number of ether oxygens (including phenoxy) is 1. The lowest BCUT2D eigenvalue weighted by Crippen LogP contribution is -2.45. The highest BCUT2D eigenvalue weighted by atomic mass is 19.1. The third-order valence-electron chi connectivity index (χ3n) is 3.65. The van der Waals surface area contributed by atoms with Crippen LogP contribution >= 0.6 is 0 Å². The van der Waals surface area contributed by atoms with Crippen molar-refractivity contribution < 1.29 is 13.9 Å². The van der Waals surface area contributed by atoms with Crippen molar-refractivity contribution in [2.24, 2.45) is 5.92 Å². The third kappa shape index (κ3) is 5.33. The molecule has 0 aliphatic carbocycles. The number of likely N-dealkylation sites (tertiary alicyclic amines) is 1. The summed E-state index contributed by atoms with van der Waals surface area (Å²) in [5.74, 6) is 0.353.